The first kappa shape index (κ1) is 24.8. The van der Waals surface area contributed by atoms with E-state index in [4.69, 9.17) is 19.9 Å². The molecule has 4 rings (SSSR count). The standard InChI is InChI=1S/C17H25N6O10P/c1-2-30-16(26)17(34(27,28)29)32-5-7-9(24)10(25)15(33-7)23-6-20-8-11(18)21-12(22-13(8)23)14-19-3-4-31-14/h6-7,9-10,14-15,17,19,24-25H,2-5H2,1H3,(H2,18,21,22)(H2,27,28,29)/t7-,9+,10-,14+,15-,17-/m1/s1. The van der Waals surface area contributed by atoms with E-state index in [0.717, 1.165) is 0 Å². The fourth-order valence-electron chi connectivity index (χ4n) is 3.65. The predicted octanol–water partition coefficient (Wildman–Crippen LogP) is -2.27. The van der Waals surface area contributed by atoms with E-state index >= 15 is 0 Å². The van der Waals surface area contributed by atoms with Crippen LogP contribution in [-0.4, -0.2) is 96.0 Å². The summed E-state index contributed by atoms with van der Waals surface area (Å²) in [5.74, 6) is -3.15. The molecule has 2 aliphatic rings. The number of carbonyl (C=O) groups is 1. The van der Waals surface area contributed by atoms with Gasteiger partial charge in [-0.05, 0) is 6.92 Å². The number of nitrogens with zero attached hydrogens (tertiary/aromatic N) is 4. The third kappa shape index (κ3) is 4.77. The molecule has 17 heteroatoms. The highest BCUT2D eigenvalue weighted by molar-refractivity contribution is 7.53. The zero-order chi connectivity index (χ0) is 24.6. The van der Waals surface area contributed by atoms with Crippen LogP contribution in [0.3, 0.4) is 0 Å². The minimum absolute atomic E-state index is 0.0721. The van der Waals surface area contributed by atoms with Crippen molar-refractivity contribution in [2.75, 3.05) is 32.1 Å². The molecule has 0 radical (unpaired) electrons. The van der Waals surface area contributed by atoms with E-state index in [2.05, 4.69) is 25.0 Å². The molecule has 2 aromatic heterocycles. The number of nitrogens with one attached hydrogen (secondary N) is 1. The van der Waals surface area contributed by atoms with Crippen LogP contribution in [0.15, 0.2) is 6.33 Å². The Hall–Kier alpha value is -2.27. The average Bonchev–Trinajstić information content (AvgIpc) is 3.49. The van der Waals surface area contributed by atoms with E-state index in [1.54, 1.807) is 0 Å². The van der Waals surface area contributed by atoms with Gasteiger partial charge in [0.2, 0.25) is 0 Å². The third-order valence-corrected chi connectivity index (χ3v) is 6.21. The van der Waals surface area contributed by atoms with Gasteiger partial charge in [-0.25, -0.2) is 19.7 Å². The Balaban J connectivity index is 1.55. The number of aliphatic hydroxyl groups is 2. The van der Waals surface area contributed by atoms with E-state index in [1.165, 1.54) is 17.8 Å². The number of carbonyl (C=O) groups excluding carboxylic acids is 1. The Labute approximate surface area is 192 Å². The van der Waals surface area contributed by atoms with E-state index in [9.17, 15) is 29.4 Å². The summed E-state index contributed by atoms with van der Waals surface area (Å²) in [6, 6.07) is 0. The zero-order valence-electron chi connectivity index (χ0n) is 17.9. The number of anilines is 1. The maximum atomic E-state index is 11.9. The smallest absolute Gasteiger partial charge is 0.365 e. The molecule has 34 heavy (non-hydrogen) atoms. The number of fused-ring (bicyclic) bond motifs is 1. The lowest BCUT2D eigenvalue weighted by Gasteiger charge is -2.21. The van der Waals surface area contributed by atoms with Crippen LogP contribution >= 0.6 is 7.60 Å². The monoisotopic (exact) mass is 504 g/mol. The minimum atomic E-state index is -5.03. The summed E-state index contributed by atoms with van der Waals surface area (Å²) in [4.78, 5) is 43.4. The van der Waals surface area contributed by atoms with Crippen LogP contribution in [0.2, 0.25) is 0 Å². The molecule has 0 spiro atoms. The molecule has 0 unspecified atom stereocenters. The fourth-order valence-corrected chi connectivity index (χ4v) is 4.28. The Morgan fingerprint density at radius 1 is 1.38 bits per heavy atom. The van der Waals surface area contributed by atoms with Crippen molar-refractivity contribution in [2.45, 2.75) is 43.5 Å². The molecule has 7 N–H and O–H groups in total. The molecule has 0 aliphatic carbocycles. The van der Waals surface area contributed by atoms with Crippen molar-refractivity contribution in [3.8, 4) is 0 Å². The molecule has 0 amide bonds. The number of nitrogen functional groups attached to an aromatic ring is 1. The van der Waals surface area contributed by atoms with Crippen LogP contribution in [-0.2, 0) is 28.3 Å². The van der Waals surface area contributed by atoms with Gasteiger partial charge >= 0.3 is 13.6 Å². The van der Waals surface area contributed by atoms with E-state index in [1.807, 2.05) is 0 Å². The first-order valence-electron chi connectivity index (χ1n) is 10.3. The van der Waals surface area contributed by atoms with Gasteiger partial charge in [0.05, 0.1) is 26.1 Å². The SMILES string of the molecule is CCOC(=O)[C@H](OC[C@H]1O[C@@H](n2cnc3c(N)nc([C@H]4NCCO4)nc32)[C@H](O)[C@H]1O)P(=O)(O)O. The summed E-state index contributed by atoms with van der Waals surface area (Å²) >= 11 is 0. The van der Waals surface area contributed by atoms with Gasteiger partial charge in [-0.3, -0.25) is 14.4 Å². The fraction of sp³-hybridized carbons (Fsp3) is 0.647. The molecular formula is C17H25N6O10P. The highest BCUT2D eigenvalue weighted by atomic mass is 31.2. The van der Waals surface area contributed by atoms with Gasteiger partial charge in [0, 0.05) is 6.54 Å². The molecule has 2 aromatic rings. The number of aromatic nitrogens is 4. The molecule has 6 atom stereocenters. The molecule has 0 bridgehead atoms. The van der Waals surface area contributed by atoms with Gasteiger partial charge in [-0.15, -0.1) is 0 Å². The number of ether oxygens (including phenoxy) is 4. The number of hydrogen-bond donors (Lipinski definition) is 6. The second-order valence-corrected chi connectivity index (χ2v) is 9.22. The lowest BCUT2D eigenvalue weighted by atomic mass is 10.1. The Morgan fingerprint density at radius 2 is 2.15 bits per heavy atom. The predicted molar refractivity (Wildman–Crippen MR) is 111 cm³/mol. The van der Waals surface area contributed by atoms with Crippen molar-refractivity contribution >= 4 is 30.5 Å². The van der Waals surface area contributed by atoms with Gasteiger partial charge in [-0.1, -0.05) is 0 Å². The Kier molecular flexibility index (Phi) is 7.14. The molecular weight excluding hydrogens is 479 g/mol. The average molecular weight is 504 g/mol. The number of aliphatic hydroxyl groups excluding tert-OH is 2. The highest BCUT2D eigenvalue weighted by Gasteiger charge is 2.46. The first-order valence-corrected chi connectivity index (χ1v) is 12.0. The van der Waals surface area contributed by atoms with Crippen LogP contribution in [0.25, 0.3) is 11.2 Å². The van der Waals surface area contributed by atoms with Gasteiger partial charge in [0.1, 0.15) is 23.8 Å². The van der Waals surface area contributed by atoms with Gasteiger partial charge in [0.15, 0.2) is 29.7 Å². The molecule has 4 heterocycles. The van der Waals surface area contributed by atoms with Crippen molar-refractivity contribution in [3.63, 3.8) is 0 Å². The normalized spacial score (nSPS) is 28.4. The number of nitrogens with two attached hydrogens (primary N) is 1. The lowest BCUT2D eigenvalue weighted by Crippen LogP contribution is -2.36. The molecule has 188 valence electrons. The van der Waals surface area contributed by atoms with Crippen LogP contribution in [0.5, 0.6) is 0 Å². The van der Waals surface area contributed by atoms with Crippen LogP contribution in [0, 0.1) is 0 Å². The molecule has 0 saturated carbocycles. The Morgan fingerprint density at radius 3 is 2.79 bits per heavy atom. The number of esters is 1. The van der Waals surface area contributed by atoms with Gasteiger partial charge in [-0.2, -0.15) is 0 Å². The first-order chi connectivity index (χ1) is 16.1. The number of imidazole rings is 1. The van der Waals surface area contributed by atoms with Crippen molar-refractivity contribution in [1.29, 1.82) is 0 Å². The van der Waals surface area contributed by atoms with Gasteiger partial charge < -0.3 is 44.7 Å². The quantitative estimate of drug-likeness (QED) is 0.164. The van der Waals surface area contributed by atoms with Crippen molar-refractivity contribution in [3.05, 3.63) is 12.2 Å². The maximum absolute atomic E-state index is 11.9. The van der Waals surface area contributed by atoms with E-state index < -0.39 is 56.8 Å². The third-order valence-electron chi connectivity index (χ3n) is 5.24. The molecule has 0 aromatic carbocycles. The summed E-state index contributed by atoms with van der Waals surface area (Å²) in [6.45, 7) is 1.78. The van der Waals surface area contributed by atoms with Crippen molar-refractivity contribution in [2.24, 2.45) is 0 Å². The number of hydrogen-bond acceptors (Lipinski definition) is 13. The maximum Gasteiger partial charge on any atom is 0.365 e. The molecule has 2 aliphatic heterocycles. The Bertz CT molecular complexity index is 1090. The van der Waals surface area contributed by atoms with Crippen LogP contribution in [0.4, 0.5) is 5.82 Å². The summed E-state index contributed by atoms with van der Waals surface area (Å²) in [5.41, 5.74) is 6.44. The zero-order valence-corrected chi connectivity index (χ0v) is 18.8. The van der Waals surface area contributed by atoms with Crippen LogP contribution < -0.4 is 11.1 Å². The molecule has 2 fully saturated rings. The number of rotatable bonds is 8. The lowest BCUT2D eigenvalue weighted by molar-refractivity contribution is -0.155. The highest BCUT2D eigenvalue weighted by Crippen LogP contribution is 2.43. The van der Waals surface area contributed by atoms with Crippen molar-refractivity contribution in [1.82, 2.24) is 24.8 Å². The van der Waals surface area contributed by atoms with E-state index in [0.29, 0.717) is 13.2 Å². The van der Waals surface area contributed by atoms with Gasteiger partial charge in [0.25, 0.3) is 5.85 Å². The minimum Gasteiger partial charge on any atom is -0.464 e. The second-order valence-electron chi connectivity index (χ2n) is 7.57. The topological polar surface area (TPSA) is 234 Å². The van der Waals surface area contributed by atoms with Crippen molar-refractivity contribution < 1.29 is 48.3 Å². The molecule has 16 nitrogen and oxygen atoms in total. The second kappa shape index (κ2) is 9.77. The summed E-state index contributed by atoms with van der Waals surface area (Å²) in [7, 11) is -5.03. The summed E-state index contributed by atoms with van der Waals surface area (Å²) < 4.78 is 33.8. The van der Waals surface area contributed by atoms with E-state index in [-0.39, 0.29) is 29.4 Å². The molecule has 2 saturated heterocycles. The van der Waals surface area contributed by atoms with Crippen LogP contribution in [0.1, 0.15) is 25.2 Å². The largest absolute Gasteiger partial charge is 0.464 e. The summed E-state index contributed by atoms with van der Waals surface area (Å²) in [5, 5.41) is 24.1. The summed E-state index contributed by atoms with van der Waals surface area (Å²) in [6.07, 6.45) is -4.76.